The summed E-state index contributed by atoms with van der Waals surface area (Å²) >= 11 is 3.49. The average Bonchev–Trinajstić information content (AvgIpc) is 2.89. The van der Waals surface area contributed by atoms with Gasteiger partial charge in [0.05, 0.1) is 21.6 Å². The van der Waals surface area contributed by atoms with Gasteiger partial charge < -0.3 is 0 Å². The Labute approximate surface area is 125 Å². The lowest BCUT2D eigenvalue weighted by atomic mass is 10.1. The van der Waals surface area contributed by atoms with Crippen LogP contribution in [-0.4, -0.2) is 19.9 Å². The molecule has 2 rings (SSSR count). The fourth-order valence-corrected chi connectivity index (χ4v) is 2.07. The summed E-state index contributed by atoms with van der Waals surface area (Å²) in [6.07, 6.45) is 2.59. The van der Waals surface area contributed by atoms with Crippen molar-refractivity contribution in [3.8, 4) is 5.69 Å². The van der Waals surface area contributed by atoms with Gasteiger partial charge in [0.2, 0.25) is 0 Å². The molecule has 0 saturated heterocycles. The lowest BCUT2D eigenvalue weighted by Crippen LogP contribution is -2.02. The van der Waals surface area contributed by atoms with Crippen molar-refractivity contribution in [2.75, 3.05) is 0 Å². The van der Waals surface area contributed by atoms with Crippen LogP contribution in [0.5, 0.6) is 0 Å². The topological polar surface area (TPSA) is 73.8 Å². The zero-order valence-electron chi connectivity index (χ0n) is 11.5. The van der Waals surface area contributed by atoms with Gasteiger partial charge in [-0.3, -0.25) is 10.1 Å². The van der Waals surface area contributed by atoms with Crippen molar-refractivity contribution in [2.45, 2.75) is 32.0 Å². The minimum absolute atomic E-state index is 0.0344. The molecule has 0 bridgehead atoms. The third kappa shape index (κ3) is 2.72. The molecule has 1 unspecified atom stereocenters. The minimum atomic E-state index is -0.394. The molecule has 0 amide bonds. The Morgan fingerprint density at radius 1 is 1.40 bits per heavy atom. The third-order valence-electron chi connectivity index (χ3n) is 3.22. The first-order valence-electron chi connectivity index (χ1n) is 6.26. The van der Waals surface area contributed by atoms with Gasteiger partial charge in [0.15, 0.2) is 0 Å². The number of alkyl halides is 1. The first-order valence-corrected chi connectivity index (χ1v) is 7.18. The highest BCUT2D eigenvalue weighted by molar-refractivity contribution is 9.09. The summed E-state index contributed by atoms with van der Waals surface area (Å²) in [5, 5.41) is 19.3. The molecule has 0 aliphatic rings. The second-order valence-corrected chi connectivity index (χ2v) is 5.75. The summed E-state index contributed by atoms with van der Waals surface area (Å²) in [5.74, 6) is 0. The maximum atomic E-state index is 11.2. The molecule has 1 aromatic carbocycles. The smallest absolute Gasteiger partial charge is 0.258 e. The maximum Gasteiger partial charge on any atom is 0.295 e. The Hall–Kier alpha value is -1.76. The largest absolute Gasteiger partial charge is 0.295 e. The van der Waals surface area contributed by atoms with Gasteiger partial charge in [0.25, 0.3) is 5.69 Å². The number of nitrogens with zero attached hydrogens (tertiary/aromatic N) is 4. The van der Waals surface area contributed by atoms with Crippen LogP contribution in [0.25, 0.3) is 5.69 Å². The number of hydrogen-bond donors (Lipinski definition) is 0. The van der Waals surface area contributed by atoms with Crippen LogP contribution in [0.3, 0.4) is 0 Å². The van der Waals surface area contributed by atoms with Crippen LogP contribution in [0.1, 0.15) is 35.0 Å². The molecule has 0 fully saturated rings. The van der Waals surface area contributed by atoms with E-state index in [1.807, 2.05) is 20.8 Å². The Kier molecular flexibility index (Phi) is 4.17. The summed E-state index contributed by atoms with van der Waals surface area (Å²) in [6.45, 7) is 5.79. The van der Waals surface area contributed by atoms with Gasteiger partial charge in [-0.15, -0.1) is 5.10 Å². The van der Waals surface area contributed by atoms with E-state index in [9.17, 15) is 10.1 Å². The molecule has 1 aromatic heterocycles. The highest BCUT2D eigenvalue weighted by Crippen LogP contribution is 2.28. The number of nitro groups is 1. The van der Waals surface area contributed by atoms with Gasteiger partial charge in [0.1, 0.15) is 5.69 Å². The SMILES string of the molecule is CCC(Br)c1cn(-c2cc(C)c(C)cc2[N+](=O)[O-])nn1. The van der Waals surface area contributed by atoms with E-state index in [2.05, 4.69) is 26.2 Å². The molecule has 20 heavy (non-hydrogen) atoms. The molecule has 0 saturated carbocycles. The molecule has 0 aliphatic heterocycles. The fourth-order valence-electron chi connectivity index (χ4n) is 1.86. The van der Waals surface area contributed by atoms with Crippen molar-refractivity contribution in [1.82, 2.24) is 15.0 Å². The van der Waals surface area contributed by atoms with Crippen LogP contribution < -0.4 is 0 Å². The fraction of sp³-hybridized carbons (Fsp3) is 0.385. The highest BCUT2D eigenvalue weighted by atomic mass is 79.9. The van der Waals surface area contributed by atoms with Gasteiger partial charge in [-0.2, -0.15) is 0 Å². The first-order chi connectivity index (χ1) is 9.43. The molecule has 2 aromatic rings. The number of aryl methyl sites for hydroxylation is 2. The zero-order chi connectivity index (χ0) is 14.9. The van der Waals surface area contributed by atoms with E-state index in [0.29, 0.717) is 5.69 Å². The number of benzene rings is 1. The summed E-state index contributed by atoms with van der Waals surface area (Å²) < 4.78 is 1.46. The standard InChI is InChI=1S/C13H15BrN4O2/c1-4-10(14)11-7-17(16-15-11)12-5-8(2)9(3)6-13(12)18(19)20/h5-7,10H,4H2,1-3H3. The van der Waals surface area contributed by atoms with Crippen molar-refractivity contribution in [2.24, 2.45) is 0 Å². The zero-order valence-corrected chi connectivity index (χ0v) is 13.1. The minimum Gasteiger partial charge on any atom is -0.258 e. The summed E-state index contributed by atoms with van der Waals surface area (Å²) in [4.78, 5) is 10.9. The summed E-state index contributed by atoms with van der Waals surface area (Å²) in [5.41, 5.74) is 3.10. The number of aromatic nitrogens is 3. The van der Waals surface area contributed by atoms with Crippen LogP contribution in [-0.2, 0) is 0 Å². The quantitative estimate of drug-likeness (QED) is 0.484. The second kappa shape index (κ2) is 5.70. The summed E-state index contributed by atoms with van der Waals surface area (Å²) in [6, 6.07) is 3.33. The molecule has 106 valence electrons. The third-order valence-corrected chi connectivity index (χ3v) is 4.34. The van der Waals surface area contributed by atoms with Gasteiger partial charge in [-0.1, -0.05) is 28.1 Å². The van der Waals surface area contributed by atoms with E-state index in [1.165, 1.54) is 4.68 Å². The maximum absolute atomic E-state index is 11.2. The van der Waals surface area contributed by atoms with Crippen LogP contribution >= 0.6 is 15.9 Å². The molecular formula is C13H15BrN4O2. The summed E-state index contributed by atoms with van der Waals surface area (Å²) in [7, 11) is 0. The average molecular weight is 339 g/mol. The van der Waals surface area contributed by atoms with E-state index in [1.54, 1.807) is 18.3 Å². The van der Waals surface area contributed by atoms with Gasteiger partial charge >= 0.3 is 0 Å². The van der Waals surface area contributed by atoms with Crippen molar-refractivity contribution < 1.29 is 4.92 Å². The van der Waals surface area contributed by atoms with E-state index in [4.69, 9.17) is 0 Å². The lowest BCUT2D eigenvalue weighted by Gasteiger charge is -2.06. The normalized spacial score (nSPS) is 12.4. The van der Waals surface area contributed by atoms with E-state index in [0.717, 1.165) is 23.2 Å². The van der Waals surface area contributed by atoms with Gasteiger partial charge in [-0.25, -0.2) is 4.68 Å². The second-order valence-electron chi connectivity index (χ2n) is 4.65. The van der Waals surface area contributed by atoms with E-state index in [-0.39, 0.29) is 10.5 Å². The van der Waals surface area contributed by atoms with Crippen LogP contribution in [0.4, 0.5) is 5.69 Å². The van der Waals surface area contributed by atoms with Crippen molar-refractivity contribution in [3.63, 3.8) is 0 Å². The number of hydrogen-bond acceptors (Lipinski definition) is 4. The molecule has 6 nitrogen and oxygen atoms in total. The molecule has 7 heteroatoms. The van der Waals surface area contributed by atoms with Crippen LogP contribution in [0.15, 0.2) is 18.3 Å². The Morgan fingerprint density at radius 2 is 2.05 bits per heavy atom. The Bertz CT molecular complexity index is 654. The Balaban J connectivity index is 2.54. The molecule has 0 N–H and O–H groups in total. The number of rotatable bonds is 4. The van der Waals surface area contributed by atoms with Gasteiger partial charge in [-0.05, 0) is 37.5 Å². The molecule has 0 aliphatic carbocycles. The molecule has 0 spiro atoms. The van der Waals surface area contributed by atoms with E-state index >= 15 is 0 Å². The van der Waals surface area contributed by atoms with Crippen molar-refractivity contribution in [1.29, 1.82) is 0 Å². The van der Waals surface area contributed by atoms with Crippen molar-refractivity contribution >= 4 is 21.6 Å². The molecule has 1 heterocycles. The van der Waals surface area contributed by atoms with Gasteiger partial charge in [0, 0.05) is 6.07 Å². The number of halogens is 1. The molecular weight excluding hydrogens is 324 g/mol. The van der Waals surface area contributed by atoms with Crippen LogP contribution in [0.2, 0.25) is 0 Å². The van der Waals surface area contributed by atoms with Crippen LogP contribution in [0, 0.1) is 24.0 Å². The molecule has 1 atom stereocenters. The van der Waals surface area contributed by atoms with E-state index < -0.39 is 4.92 Å². The monoisotopic (exact) mass is 338 g/mol. The number of nitro benzene ring substituents is 1. The lowest BCUT2D eigenvalue weighted by molar-refractivity contribution is -0.384. The first kappa shape index (κ1) is 14.6. The van der Waals surface area contributed by atoms with Crippen molar-refractivity contribution in [3.05, 3.63) is 45.3 Å². The Morgan fingerprint density at radius 3 is 2.65 bits per heavy atom. The molecule has 0 radical (unpaired) electrons. The highest BCUT2D eigenvalue weighted by Gasteiger charge is 2.19. The predicted octanol–water partition coefficient (Wildman–Crippen LogP) is 3.64. The predicted molar refractivity (Wildman–Crippen MR) is 79.4 cm³/mol.